The molecular formula is C32H28F3N7O3. The fourth-order valence-corrected chi connectivity index (χ4v) is 6.17. The SMILES string of the molecule is O=C1c2c(c(C(F)(F)F)nn2-c2cccc(-c3n[nH]c(=O)[nH]3)c2)CCN1c1ccc(-c2ccccc2CN2CC[C@H](O)C2)cc1. The number of amides is 1. The Morgan fingerprint density at radius 2 is 1.73 bits per heavy atom. The van der Waals surface area contributed by atoms with Crippen molar-refractivity contribution in [2.24, 2.45) is 0 Å². The van der Waals surface area contributed by atoms with Gasteiger partial charge in [0.1, 0.15) is 5.69 Å². The second kappa shape index (κ2) is 11.2. The van der Waals surface area contributed by atoms with Gasteiger partial charge in [-0.15, -0.1) is 0 Å². The van der Waals surface area contributed by atoms with E-state index in [2.05, 4.69) is 31.2 Å². The van der Waals surface area contributed by atoms with Crippen LogP contribution in [0, 0.1) is 0 Å². The van der Waals surface area contributed by atoms with E-state index in [4.69, 9.17) is 0 Å². The van der Waals surface area contributed by atoms with Gasteiger partial charge < -0.3 is 10.0 Å². The zero-order valence-corrected chi connectivity index (χ0v) is 23.9. The van der Waals surface area contributed by atoms with E-state index in [1.807, 2.05) is 30.3 Å². The summed E-state index contributed by atoms with van der Waals surface area (Å²) in [6, 6.07) is 21.7. The summed E-state index contributed by atoms with van der Waals surface area (Å²) in [5.41, 5.74) is 2.35. The van der Waals surface area contributed by atoms with Crippen LogP contribution in [0.3, 0.4) is 0 Å². The molecule has 1 amide bonds. The normalized spacial score (nSPS) is 17.2. The predicted molar refractivity (Wildman–Crippen MR) is 160 cm³/mol. The molecule has 0 bridgehead atoms. The number of nitrogens with zero attached hydrogens (tertiary/aromatic N) is 5. The summed E-state index contributed by atoms with van der Waals surface area (Å²) in [6.45, 7) is 2.21. The van der Waals surface area contributed by atoms with Crippen LogP contribution in [-0.4, -0.2) is 66.6 Å². The number of rotatable bonds is 6. The molecule has 10 nitrogen and oxygen atoms in total. The number of hydrogen-bond donors (Lipinski definition) is 3. The lowest BCUT2D eigenvalue weighted by Crippen LogP contribution is -2.39. The molecule has 0 unspecified atom stereocenters. The molecule has 0 saturated carbocycles. The maximum atomic E-state index is 14.1. The highest BCUT2D eigenvalue weighted by Gasteiger charge is 2.43. The van der Waals surface area contributed by atoms with Crippen LogP contribution in [0.2, 0.25) is 0 Å². The van der Waals surface area contributed by atoms with Gasteiger partial charge in [-0.2, -0.15) is 23.4 Å². The Balaban J connectivity index is 1.21. The van der Waals surface area contributed by atoms with Crippen LogP contribution in [0.5, 0.6) is 0 Å². The van der Waals surface area contributed by atoms with Gasteiger partial charge in [0.15, 0.2) is 11.5 Å². The molecule has 0 aliphatic carbocycles. The minimum atomic E-state index is -4.76. The average molecular weight is 616 g/mol. The minimum absolute atomic E-state index is 0.0332. The first kappa shape index (κ1) is 28.7. The number of likely N-dealkylation sites (tertiary alicyclic amines) is 1. The number of aliphatic hydroxyl groups excluding tert-OH is 1. The number of hydrogen-bond acceptors (Lipinski definition) is 6. The summed E-state index contributed by atoms with van der Waals surface area (Å²) in [5.74, 6) is -0.398. The fourth-order valence-electron chi connectivity index (χ4n) is 6.17. The first-order valence-corrected chi connectivity index (χ1v) is 14.5. The first-order chi connectivity index (χ1) is 21.7. The summed E-state index contributed by atoms with van der Waals surface area (Å²) in [4.78, 5) is 31.7. The van der Waals surface area contributed by atoms with Gasteiger partial charge >= 0.3 is 11.9 Å². The van der Waals surface area contributed by atoms with Crippen LogP contribution in [0.25, 0.3) is 28.2 Å². The zero-order chi connectivity index (χ0) is 31.3. The number of carbonyl (C=O) groups is 1. The van der Waals surface area contributed by atoms with Gasteiger partial charge in [0.2, 0.25) is 0 Å². The molecule has 7 rings (SSSR count). The number of aromatic nitrogens is 5. The molecule has 1 atom stereocenters. The molecule has 1 fully saturated rings. The lowest BCUT2D eigenvalue weighted by atomic mass is 9.98. The van der Waals surface area contributed by atoms with E-state index >= 15 is 0 Å². The summed E-state index contributed by atoms with van der Waals surface area (Å²) in [7, 11) is 0. The van der Waals surface area contributed by atoms with Gasteiger partial charge in [-0.05, 0) is 53.8 Å². The topological polar surface area (TPSA) is 123 Å². The second-order valence-corrected chi connectivity index (χ2v) is 11.3. The van der Waals surface area contributed by atoms with Crippen molar-refractivity contribution in [2.45, 2.75) is 31.7 Å². The van der Waals surface area contributed by atoms with Gasteiger partial charge in [0.25, 0.3) is 5.91 Å². The van der Waals surface area contributed by atoms with Crippen molar-refractivity contribution in [2.75, 3.05) is 24.5 Å². The quantitative estimate of drug-likeness (QED) is 0.260. The molecule has 1 saturated heterocycles. The number of aromatic amines is 2. The molecule has 3 aromatic carbocycles. The number of carbonyl (C=O) groups excluding carboxylic acids is 1. The summed E-state index contributed by atoms with van der Waals surface area (Å²) < 4.78 is 43.4. The summed E-state index contributed by atoms with van der Waals surface area (Å²) >= 11 is 0. The Morgan fingerprint density at radius 3 is 2.44 bits per heavy atom. The smallest absolute Gasteiger partial charge is 0.392 e. The number of benzene rings is 3. The number of anilines is 1. The maximum absolute atomic E-state index is 14.1. The highest BCUT2D eigenvalue weighted by atomic mass is 19.4. The van der Waals surface area contributed by atoms with Crippen molar-refractivity contribution in [1.29, 1.82) is 0 Å². The van der Waals surface area contributed by atoms with Crippen molar-refractivity contribution >= 4 is 11.6 Å². The Morgan fingerprint density at radius 1 is 0.933 bits per heavy atom. The average Bonchev–Trinajstić information content (AvgIpc) is 3.76. The van der Waals surface area contributed by atoms with Crippen LogP contribution >= 0.6 is 0 Å². The van der Waals surface area contributed by atoms with E-state index in [-0.39, 0.29) is 41.8 Å². The van der Waals surface area contributed by atoms with Crippen LogP contribution in [0.4, 0.5) is 18.9 Å². The number of nitrogens with one attached hydrogen (secondary N) is 2. The number of aliphatic hydroxyl groups is 1. The zero-order valence-electron chi connectivity index (χ0n) is 23.9. The van der Waals surface area contributed by atoms with Crippen molar-refractivity contribution < 1.29 is 23.1 Å². The molecule has 2 aliphatic heterocycles. The third kappa shape index (κ3) is 5.44. The largest absolute Gasteiger partial charge is 0.435 e. The fraction of sp³-hybridized carbons (Fsp3) is 0.250. The molecule has 5 aromatic rings. The maximum Gasteiger partial charge on any atom is 0.435 e. The molecule has 45 heavy (non-hydrogen) atoms. The van der Waals surface area contributed by atoms with E-state index in [0.717, 1.165) is 34.3 Å². The van der Waals surface area contributed by atoms with E-state index in [0.29, 0.717) is 24.3 Å². The summed E-state index contributed by atoms with van der Waals surface area (Å²) in [5, 5.41) is 20.0. The molecule has 0 spiro atoms. The molecule has 2 aliphatic rings. The van der Waals surface area contributed by atoms with Crippen molar-refractivity contribution in [3.8, 4) is 28.2 Å². The van der Waals surface area contributed by atoms with Crippen molar-refractivity contribution in [3.63, 3.8) is 0 Å². The molecule has 13 heteroatoms. The Bertz CT molecular complexity index is 1940. The van der Waals surface area contributed by atoms with Crippen molar-refractivity contribution in [1.82, 2.24) is 29.9 Å². The van der Waals surface area contributed by atoms with Crippen molar-refractivity contribution in [3.05, 3.63) is 106 Å². The first-order valence-electron chi connectivity index (χ1n) is 14.5. The van der Waals surface area contributed by atoms with E-state index in [1.165, 1.54) is 11.0 Å². The van der Waals surface area contributed by atoms with Crippen LogP contribution < -0.4 is 10.6 Å². The number of halogens is 3. The number of β-amino-alcohol motifs (C(OH)–C–C–N with tert-alkyl or cyclic N) is 1. The number of fused-ring (bicyclic) bond motifs is 1. The lowest BCUT2D eigenvalue weighted by molar-refractivity contribution is -0.141. The van der Waals surface area contributed by atoms with Crippen LogP contribution in [0.15, 0.2) is 77.6 Å². The van der Waals surface area contributed by atoms with Gasteiger partial charge in [0, 0.05) is 43.0 Å². The molecule has 230 valence electrons. The highest BCUT2D eigenvalue weighted by molar-refractivity contribution is 6.07. The Hall–Kier alpha value is -5.01. The van der Waals surface area contributed by atoms with Gasteiger partial charge in [-0.25, -0.2) is 14.6 Å². The van der Waals surface area contributed by atoms with E-state index in [9.17, 15) is 27.9 Å². The Labute approximate surface area is 254 Å². The van der Waals surface area contributed by atoms with Gasteiger partial charge in [-0.1, -0.05) is 48.5 Å². The van der Waals surface area contributed by atoms with E-state index < -0.39 is 23.5 Å². The number of H-pyrrole nitrogens is 2. The van der Waals surface area contributed by atoms with Gasteiger partial charge in [0.05, 0.1) is 11.8 Å². The van der Waals surface area contributed by atoms with Crippen LogP contribution in [-0.2, 0) is 19.1 Å². The predicted octanol–water partition coefficient (Wildman–Crippen LogP) is 4.41. The van der Waals surface area contributed by atoms with Crippen LogP contribution in [0.1, 0.15) is 33.7 Å². The van der Waals surface area contributed by atoms with E-state index in [1.54, 1.807) is 30.3 Å². The third-order valence-electron chi connectivity index (χ3n) is 8.30. The molecule has 2 aromatic heterocycles. The number of alkyl halides is 3. The molecule has 0 radical (unpaired) electrons. The molecular weight excluding hydrogens is 587 g/mol. The highest BCUT2D eigenvalue weighted by Crippen LogP contribution is 2.38. The monoisotopic (exact) mass is 615 g/mol. The minimum Gasteiger partial charge on any atom is -0.392 e. The summed E-state index contributed by atoms with van der Waals surface area (Å²) in [6.07, 6.45) is -4.35. The lowest BCUT2D eigenvalue weighted by Gasteiger charge is -2.28. The molecule has 3 N–H and O–H groups in total. The van der Waals surface area contributed by atoms with Gasteiger partial charge in [-0.3, -0.25) is 14.7 Å². The third-order valence-corrected chi connectivity index (χ3v) is 8.30. The Kier molecular flexibility index (Phi) is 7.13. The molecule has 4 heterocycles. The second-order valence-electron chi connectivity index (χ2n) is 11.3. The standard InChI is InChI=1S/C32H28F3N7O3/c33-32(34,35)28-26-13-15-41(30(44)27(26)42(39-28)23-6-3-5-20(16-23)29-36-31(45)38-37-29)22-10-8-19(9-11-22)25-7-2-1-4-21(25)17-40-14-12-24(43)18-40/h1-11,16,24,43H,12-15,17-18H2,(H2,36,37,38,45)/t24-/m0/s1.